The van der Waals surface area contributed by atoms with E-state index in [1.54, 1.807) is 11.3 Å². The van der Waals surface area contributed by atoms with Gasteiger partial charge in [-0.25, -0.2) is 0 Å². The summed E-state index contributed by atoms with van der Waals surface area (Å²) in [4.78, 5) is 27.8. The van der Waals surface area contributed by atoms with Crippen LogP contribution in [0.1, 0.15) is 59.1 Å². The van der Waals surface area contributed by atoms with Gasteiger partial charge in [0.05, 0.1) is 10.5 Å². The van der Waals surface area contributed by atoms with Gasteiger partial charge in [0.15, 0.2) is 0 Å². The summed E-state index contributed by atoms with van der Waals surface area (Å²) < 4.78 is 2.13. The van der Waals surface area contributed by atoms with Crippen LogP contribution >= 0.6 is 23.1 Å². The zero-order valence-corrected chi connectivity index (χ0v) is 18.5. The lowest BCUT2D eigenvalue weighted by atomic mass is 9.96. The van der Waals surface area contributed by atoms with Gasteiger partial charge < -0.3 is 4.57 Å². The molecule has 150 valence electrons. The van der Waals surface area contributed by atoms with Crippen LogP contribution in [0.4, 0.5) is 4.79 Å². The summed E-state index contributed by atoms with van der Waals surface area (Å²) in [5.74, 6) is -0.212. The number of thiophene rings is 1. The quantitative estimate of drug-likeness (QED) is 0.619. The Bertz CT molecular complexity index is 1080. The highest BCUT2D eigenvalue weighted by atomic mass is 32.2. The summed E-state index contributed by atoms with van der Waals surface area (Å²) >= 11 is 2.72. The molecule has 1 saturated heterocycles. The second-order valence-electron chi connectivity index (χ2n) is 7.50. The van der Waals surface area contributed by atoms with Crippen molar-refractivity contribution in [1.82, 2.24) is 9.47 Å². The number of nitriles is 1. The second-order valence-corrected chi connectivity index (χ2v) is 9.57. The number of hydrogen-bond acceptors (Lipinski definition) is 5. The standard InChI is InChI=1S/C22H23N3O2S2/c1-4-9-24-20(26)19(29-22(24)27)11-15-10-13(2)25(14(15)3)21-17(12-23)16-7-5-6-8-18(16)28-21/h10-11H,4-9H2,1-3H3/b19-11+. The molecule has 0 saturated carbocycles. The molecule has 2 aliphatic rings. The number of thioether (sulfide) groups is 1. The van der Waals surface area contributed by atoms with Crippen LogP contribution in [-0.2, 0) is 17.6 Å². The smallest absolute Gasteiger partial charge is 0.293 e. The van der Waals surface area contributed by atoms with Crippen molar-refractivity contribution in [2.75, 3.05) is 6.54 Å². The van der Waals surface area contributed by atoms with Crippen molar-refractivity contribution < 1.29 is 9.59 Å². The third-order valence-electron chi connectivity index (χ3n) is 5.55. The Morgan fingerprint density at radius 3 is 2.72 bits per heavy atom. The van der Waals surface area contributed by atoms with Gasteiger partial charge >= 0.3 is 0 Å². The highest BCUT2D eigenvalue weighted by Crippen LogP contribution is 2.39. The predicted molar refractivity (Wildman–Crippen MR) is 117 cm³/mol. The Morgan fingerprint density at radius 1 is 1.24 bits per heavy atom. The van der Waals surface area contributed by atoms with Crippen LogP contribution in [0.5, 0.6) is 0 Å². The number of nitrogens with zero attached hydrogens (tertiary/aromatic N) is 3. The average Bonchev–Trinajstić information content (AvgIpc) is 3.29. The monoisotopic (exact) mass is 425 g/mol. The summed E-state index contributed by atoms with van der Waals surface area (Å²) in [5.41, 5.74) is 4.94. The number of rotatable bonds is 4. The molecule has 29 heavy (non-hydrogen) atoms. The number of aryl methyl sites for hydroxylation is 2. The molecular weight excluding hydrogens is 402 g/mol. The molecule has 2 aromatic rings. The van der Waals surface area contributed by atoms with Gasteiger partial charge in [-0.15, -0.1) is 11.3 Å². The van der Waals surface area contributed by atoms with E-state index < -0.39 is 0 Å². The SMILES string of the molecule is CCCN1C(=O)S/C(=C/c2cc(C)n(-c3sc4c(c3C#N)CCCC4)c2C)C1=O. The minimum absolute atomic E-state index is 0.199. The van der Waals surface area contributed by atoms with Gasteiger partial charge in [0.25, 0.3) is 11.1 Å². The summed E-state index contributed by atoms with van der Waals surface area (Å²) in [5, 5.41) is 10.6. The van der Waals surface area contributed by atoms with Crippen LogP contribution < -0.4 is 0 Å². The molecule has 4 rings (SSSR count). The van der Waals surface area contributed by atoms with Crippen molar-refractivity contribution in [3.8, 4) is 11.1 Å². The molecule has 0 aromatic carbocycles. The largest absolute Gasteiger partial charge is 0.308 e. The van der Waals surface area contributed by atoms with Crippen LogP contribution in [0.25, 0.3) is 11.1 Å². The van der Waals surface area contributed by atoms with Crippen molar-refractivity contribution in [3.63, 3.8) is 0 Å². The van der Waals surface area contributed by atoms with E-state index in [0.717, 1.165) is 65.0 Å². The fourth-order valence-electron chi connectivity index (χ4n) is 4.13. The third kappa shape index (κ3) is 3.34. The van der Waals surface area contributed by atoms with Crippen LogP contribution in [0.2, 0.25) is 0 Å². The number of carbonyl (C=O) groups is 2. The maximum Gasteiger partial charge on any atom is 0.293 e. The van der Waals surface area contributed by atoms with Gasteiger partial charge in [-0.2, -0.15) is 5.26 Å². The molecule has 1 fully saturated rings. The molecule has 3 heterocycles. The topological polar surface area (TPSA) is 66.1 Å². The summed E-state index contributed by atoms with van der Waals surface area (Å²) in [7, 11) is 0. The van der Waals surface area contributed by atoms with E-state index in [-0.39, 0.29) is 11.1 Å². The van der Waals surface area contributed by atoms with Gasteiger partial charge in [-0.05, 0) is 81.0 Å². The Labute approximate surface area is 179 Å². The molecule has 0 bridgehead atoms. The van der Waals surface area contributed by atoms with Crippen molar-refractivity contribution in [2.24, 2.45) is 0 Å². The highest BCUT2D eigenvalue weighted by molar-refractivity contribution is 8.18. The molecule has 2 aromatic heterocycles. The number of hydrogen-bond donors (Lipinski definition) is 0. The van der Waals surface area contributed by atoms with E-state index >= 15 is 0 Å². The number of imide groups is 1. The van der Waals surface area contributed by atoms with Crippen molar-refractivity contribution >= 4 is 40.3 Å². The molecule has 5 nitrogen and oxygen atoms in total. The van der Waals surface area contributed by atoms with Gasteiger partial charge in [0, 0.05) is 22.8 Å². The number of carbonyl (C=O) groups excluding carboxylic acids is 2. The summed E-state index contributed by atoms with van der Waals surface area (Å²) in [6.07, 6.45) is 6.91. The third-order valence-corrected chi connectivity index (χ3v) is 7.73. The molecule has 7 heteroatoms. The second kappa shape index (κ2) is 7.85. The Kier molecular flexibility index (Phi) is 5.41. The molecule has 0 spiro atoms. The van der Waals surface area contributed by atoms with Crippen molar-refractivity contribution in [2.45, 2.75) is 52.9 Å². The van der Waals surface area contributed by atoms with Crippen LogP contribution in [0.3, 0.4) is 0 Å². The molecule has 0 radical (unpaired) electrons. The van der Waals surface area contributed by atoms with Gasteiger partial charge in [-0.3, -0.25) is 14.5 Å². The Hall–Kier alpha value is -2.30. The first-order chi connectivity index (χ1) is 14.0. The van der Waals surface area contributed by atoms with E-state index in [0.29, 0.717) is 11.4 Å². The minimum Gasteiger partial charge on any atom is -0.308 e. The molecule has 0 N–H and O–H groups in total. The van der Waals surface area contributed by atoms with Crippen LogP contribution in [0, 0.1) is 25.2 Å². The van der Waals surface area contributed by atoms with Crippen molar-refractivity contribution in [3.05, 3.63) is 43.9 Å². The van der Waals surface area contributed by atoms with Gasteiger partial charge in [0.2, 0.25) is 0 Å². The van der Waals surface area contributed by atoms with Crippen LogP contribution in [0.15, 0.2) is 11.0 Å². The highest BCUT2D eigenvalue weighted by Gasteiger charge is 2.34. The number of amides is 2. The Balaban J connectivity index is 1.76. The summed E-state index contributed by atoms with van der Waals surface area (Å²) in [6, 6.07) is 4.47. The zero-order chi connectivity index (χ0) is 20.7. The minimum atomic E-state index is -0.212. The lowest BCUT2D eigenvalue weighted by molar-refractivity contribution is -0.122. The normalized spacial score (nSPS) is 17.9. The first-order valence-corrected chi connectivity index (χ1v) is 11.6. The van der Waals surface area contributed by atoms with Crippen LogP contribution in [-0.4, -0.2) is 27.2 Å². The van der Waals surface area contributed by atoms with E-state index in [1.165, 1.54) is 21.8 Å². The van der Waals surface area contributed by atoms with Crippen molar-refractivity contribution in [1.29, 1.82) is 5.26 Å². The fraction of sp³-hybridized carbons (Fsp3) is 0.409. The first-order valence-electron chi connectivity index (χ1n) is 9.95. The zero-order valence-electron chi connectivity index (χ0n) is 16.9. The molecular formula is C22H23N3O2S2. The molecule has 2 amide bonds. The van der Waals surface area contributed by atoms with Gasteiger partial charge in [-0.1, -0.05) is 6.92 Å². The number of aromatic nitrogens is 1. The van der Waals surface area contributed by atoms with Gasteiger partial charge in [0.1, 0.15) is 11.1 Å². The summed E-state index contributed by atoms with van der Waals surface area (Å²) in [6.45, 7) is 6.43. The average molecular weight is 426 g/mol. The molecule has 0 unspecified atom stereocenters. The van der Waals surface area contributed by atoms with E-state index in [9.17, 15) is 14.9 Å². The van der Waals surface area contributed by atoms with E-state index in [1.807, 2.05) is 32.9 Å². The maximum absolute atomic E-state index is 12.6. The fourth-order valence-corrected chi connectivity index (χ4v) is 6.43. The van der Waals surface area contributed by atoms with E-state index in [4.69, 9.17) is 0 Å². The lowest BCUT2D eigenvalue weighted by Gasteiger charge is -2.10. The first kappa shape index (κ1) is 20.0. The van der Waals surface area contributed by atoms with E-state index in [2.05, 4.69) is 10.6 Å². The predicted octanol–water partition coefficient (Wildman–Crippen LogP) is 5.35. The Morgan fingerprint density at radius 2 is 2.00 bits per heavy atom. The molecule has 1 aliphatic heterocycles. The lowest BCUT2D eigenvalue weighted by Crippen LogP contribution is -2.28. The molecule has 0 atom stereocenters. The molecule has 1 aliphatic carbocycles. The maximum atomic E-state index is 12.6. The number of fused-ring (bicyclic) bond motifs is 1.